The Morgan fingerprint density at radius 1 is 1.00 bits per heavy atom. The first kappa shape index (κ1) is 28.2. The van der Waals surface area contributed by atoms with Gasteiger partial charge in [-0.25, -0.2) is 18.7 Å². The molecule has 2 saturated heterocycles. The summed E-state index contributed by atoms with van der Waals surface area (Å²) in [4.78, 5) is 59.3. The molecule has 0 bridgehead atoms. The molecule has 2 fully saturated rings. The molecule has 0 radical (unpaired) electrons. The normalized spacial score (nSPS) is 28.3. The van der Waals surface area contributed by atoms with Crippen LogP contribution in [0, 0.1) is 0 Å². The summed E-state index contributed by atoms with van der Waals surface area (Å²) in [6.45, 7) is -0.797. The molecule has 2 aliphatic rings. The third-order valence-electron chi connectivity index (χ3n) is 5.46. The number of aromatic amines is 1. The maximum Gasteiger partial charge on any atom is 0.490 e. The highest BCUT2D eigenvalue weighted by atomic mass is 31.3. The van der Waals surface area contributed by atoms with Crippen LogP contribution >= 0.6 is 23.5 Å². The van der Waals surface area contributed by atoms with Gasteiger partial charge in [0, 0.05) is 5.56 Å². The van der Waals surface area contributed by atoms with Crippen LogP contribution in [0.25, 0.3) is 11.2 Å². The van der Waals surface area contributed by atoms with E-state index in [0.717, 1.165) is 0 Å². The van der Waals surface area contributed by atoms with Crippen molar-refractivity contribution in [2.24, 2.45) is 0 Å². The number of H-pyrrole nitrogens is 1. The lowest BCUT2D eigenvalue weighted by molar-refractivity contribution is -0.152. The first-order chi connectivity index (χ1) is 18.2. The second-order valence-corrected chi connectivity index (χ2v) is 12.6. The highest BCUT2D eigenvalue weighted by Crippen LogP contribution is 2.66. The highest BCUT2D eigenvalue weighted by Gasteiger charge is 2.55. The number of phosphoric acid groups is 3. The lowest BCUT2D eigenvalue weighted by atomic mass is 10.1. The van der Waals surface area contributed by atoms with E-state index in [-0.39, 0.29) is 17.1 Å². The van der Waals surface area contributed by atoms with Crippen molar-refractivity contribution < 1.29 is 60.6 Å². The number of rotatable bonds is 9. The Kier molecular flexibility index (Phi) is 7.41. The van der Waals surface area contributed by atoms with Crippen LogP contribution in [0.3, 0.4) is 0 Å². The molecule has 7 N–H and O–H groups in total. The van der Waals surface area contributed by atoms with Gasteiger partial charge in [-0.2, -0.15) is 13.6 Å². The molecular formula is C17H20N5O14P3. The van der Waals surface area contributed by atoms with Crippen molar-refractivity contribution in [3.8, 4) is 0 Å². The van der Waals surface area contributed by atoms with Gasteiger partial charge in [-0.1, -0.05) is 30.3 Å². The molecular weight excluding hydrogens is 591 g/mol. The van der Waals surface area contributed by atoms with Gasteiger partial charge in [0.2, 0.25) is 5.95 Å². The van der Waals surface area contributed by atoms with Crippen molar-refractivity contribution in [2.45, 2.75) is 30.8 Å². The summed E-state index contributed by atoms with van der Waals surface area (Å²) in [6.07, 6.45) is -3.79. The molecule has 5 rings (SSSR count). The van der Waals surface area contributed by atoms with Gasteiger partial charge in [-0.05, 0) is 0 Å². The Morgan fingerprint density at radius 2 is 1.69 bits per heavy atom. The summed E-state index contributed by atoms with van der Waals surface area (Å²) in [5.74, 6) is -0.196. The minimum absolute atomic E-state index is 0.0419. The minimum Gasteiger partial charge on any atom is -0.369 e. The molecule has 2 aromatic heterocycles. The van der Waals surface area contributed by atoms with E-state index < -0.39 is 66.5 Å². The van der Waals surface area contributed by atoms with Gasteiger partial charge < -0.3 is 39.5 Å². The fraction of sp³-hybridized carbons (Fsp3) is 0.353. The van der Waals surface area contributed by atoms with Gasteiger partial charge in [-0.15, -0.1) is 0 Å². The fourth-order valence-electron chi connectivity index (χ4n) is 4.06. The maximum absolute atomic E-state index is 12.3. The van der Waals surface area contributed by atoms with Gasteiger partial charge in [0.15, 0.2) is 23.7 Å². The molecule has 0 spiro atoms. The number of nitrogens with one attached hydrogen (secondary N) is 1. The first-order valence-corrected chi connectivity index (χ1v) is 15.3. The van der Waals surface area contributed by atoms with Crippen LogP contribution in [0.1, 0.15) is 18.1 Å². The van der Waals surface area contributed by atoms with E-state index >= 15 is 0 Å². The average molecular weight is 611 g/mol. The molecule has 22 heteroatoms. The van der Waals surface area contributed by atoms with Crippen molar-refractivity contribution in [1.82, 2.24) is 19.5 Å². The fourth-order valence-corrected chi connectivity index (χ4v) is 7.09. The molecule has 212 valence electrons. The van der Waals surface area contributed by atoms with Gasteiger partial charge in [0.05, 0.1) is 12.9 Å². The second kappa shape index (κ2) is 10.2. The summed E-state index contributed by atoms with van der Waals surface area (Å²) in [5, 5.41) is 0. The highest BCUT2D eigenvalue weighted by molar-refractivity contribution is 7.66. The lowest BCUT2D eigenvalue weighted by Gasteiger charge is -2.22. The van der Waals surface area contributed by atoms with Crippen LogP contribution in [0.5, 0.6) is 0 Å². The molecule has 19 nitrogen and oxygen atoms in total. The quantitative estimate of drug-likeness (QED) is 0.179. The molecule has 4 unspecified atom stereocenters. The number of imidazole rings is 1. The Hall–Kier alpha value is -2.34. The summed E-state index contributed by atoms with van der Waals surface area (Å²) >= 11 is 0. The zero-order valence-electron chi connectivity index (χ0n) is 19.2. The lowest BCUT2D eigenvalue weighted by Crippen LogP contribution is -2.31. The van der Waals surface area contributed by atoms with Crippen molar-refractivity contribution in [3.63, 3.8) is 0 Å². The predicted molar refractivity (Wildman–Crippen MR) is 125 cm³/mol. The van der Waals surface area contributed by atoms with E-state index in [4.69, 9.17) is 34.3 Å². The first-order valence-electron chi connectivity index (χ1n) is 10.7. The number of nitrogens with zero attached hydrogens (tertiary/aromatic N) is 3. The Bertz CT molecular complexity index is 1580. The van der Waals surface area contributed by atoms with Gasteiger partial charge in [0.1, 0.15) is 18.3 Å². The second-order valence-electron chi connectivity index (χ2n) is 8.17. The molecule has 0 saturated carbocycles. The number of ether oxygens (including phenoxy) is 3. The monoisotopic (exact) mass is 611 g/mol. The molecule has 1 aromatic carbocycles. The number of nitrogens with two attached hydrogens (primary N) is 1. The number of hydrogen-bond donors (Lipinski definition) is 6. The zero-order valence-corrected chi connectivity index (χ0v) is 21.9. The largest absolute Gasteiger partial charge is 0.490 e. The Labute approximate surface area is 216 Å². The van der Waals surface area contributed by atoms with E-state index in [9.17, 15) is 28.3 Å². The summed E-state index contributed by atoms with van der Waals surface area (Å²) in [6, 6.07) is 8.74. The predicted octanol–water partition coefficient (Wildman–Crippen LogP) is 0.425. The number of nitrogen functional groups attached to an aromatic ring is 1. The smallest absolute Gasteiger partial charge is 0.369 e. The van der Waals surface area contributed by atoms with Gasteiger partial charge in [-0.3, -0.25) is 18.9 Å². The molecule has 0 aliphatic carbocycles. The van der Waals surface area contributed by atoms with Crippen LogP contribution in [-0.2, 0) is 41.1 Å². The standard InChI is InChI=1S/C17H20N5O14P3/c18-17-20-13-10(14(23)21-17)19-7-22(13)15-12-11(33-16(34-12)8-4-2-1-3-5-8)9(32-15)6-31-38(27,28)36-39(29,30)35-37(24,25)26/h1-5,7,9,11-12,15-16H,6H2,(H,27,28)(H,29,30)(H2,24,25,26)(H3,18,20,21,23)/t9-,11?,12+,15-,16?/m1/s1. The molecule has 4 heterocycles. The van der Waals surface area contributed by atoms with Crippen molar-refractivity contribution >= 4 is 40.6 Å². The van der Waals surface area contributed by atoms with E-state index in [1.165, 1.54) is 10.9 Å². The zero-order chi connectivity index (χ0) is 28.2. The maximum atomic E-state index is 12.3. The van der Waals surface area contributed by atoms with E-state index in [0.29, 0.717) is 5.56 Å². The Morgan fingerprint density at radius 3 is 2.38 bits per heavy atom. The van der Waals surface area contributed by atoms with Crippen LogP contribution in [0.2, 0.25) is 0 Å². The molecule has 7 atom stereocenters. The van der Waals surface area contributed by atoms with E-state index in [1.807, 2.05) is 0 Å². The minimum atomic E-state index is -5.72. The van der Waals surface area contributed by atoms with Crippen LogP contribution < -0.4 is 11.3 Å². The van der Waals surface area contributed by atoms with Crippen LogP contribution in [0.4, 0.5) is 5.95 Å². The molecule has 0 amide bonds. The number of fused-ring (bicyclic) bond motifs is 2. The van der Waals surface area contributed by atoms with E-state index in [1.54, 1.807) is 30.3 Å². The third-order valence-corrected chi connectivity index (χ3v) is 9.26. The summed E-state index contributed by atoms with van der Waals surface area (Å²) in [5.41, 5.74) is 5.67. The Balaban J connectivity index is 1.40. The molecule has 3 aromatic rings. The number of anilines is 1. The molecule has 39 heavy (non-hydrogen) atoms. The van der Waals surface area contributed by atoms with Crippen molar-refractivity contribution in [1.29, 1.82) is 0 Å². The van der Waals surface area contributed by atoms with E-state index in [2.05, 4.69) is 23.6 Å². The van der Waals surface area contributed by atoms with Gasteiger partial charge in [0.25, 0.3) is 5.56 Å². The van der Waals surface area contributed by atoms with Crippen LogP contribution in [0.15, 0.2) is 41.5 Å². The number of hydrogen-bond acceptors (Lipinski definition) is 13. The number of phosphoric ester groups is 1. The number of aromatic nitrogens is 4. The summed E-state index contributed by atoms with van der Waals surface area (Å²) in [7, 11) is -16.7. The van der Waals surface area contributed by atoms with Crippen molar-refractivity contribution in [2.75, 3.05) is 12.3 Å². The SMILES string of the molecule is Nc1nc2c(ncn2[C@@H]2O[C@H](COP(=O)(O)OP(=O)(O)OP(=O)(O)O)C3OC(c4ccccc4)O[C@@H]32)c(=O)[nH]1. The van der Waals surface area contributed by atoms with Crippen molar-refractivity contribution in [3.05, 3.63) is 52.6 Å². The van der Waals surface area contributed by atoms with Gasteiger partial charge >= 0.3 is 23.5 Å². The number of benzene rings is 1. The topological polar surface area (TPSA) is 277 Å². The van der Waals surface area contributed by atoms with Crippen LogP contribution in [-0.4, -0.2) is 64.0 Å². The third kappa shape index (κ3) is 6.21. The average Bonchev–Trinajstić information content (AvgIpc) is 3.50. The molecule has 2 aliphatic heterocycles. The summed E-state index contributed by atoms with van der Waals surface area (Å²) < 4.78 is 66.3.